The molecule has 1 unspecified atom stereocenters. The number of ether oxygens (including phenoxy) is 1. The van der Waals surface area contributed by atoms with Gasteiger partial charge in [-0.15, -0.1) is 11.3 Å². The summed E-state index contributed by atoms with van der Waals surface area (Å²) in [6.45, 7) is 5.60. The van der Waals surface area contributed by atoms with Gasteiger partial charge in [0, 0.05) is 46.8 Å². The smallest absolute Gasteiger partial charge is 0.139 e. The van der Waals surface area contributed by atoms with Crippen molar-refractivity contribution in [3.05, 3.63) is 59.7 Å². The normalized spacial score (nSPS) is 19.7. The van der Waals surface area contributed by atoms with E-state index < -0.39 is 0 Å². The molecule has 2 aliphatic heterocycles. The Morgan fingerprint density at radius 1 is 0.969 bits per heavy atom. The zero-order chi connectivity index (χ0) is 21.3. The van der Waals surface area contributed by atoms with E-state index in [2.05, 4.69) is 63.3 Å². The van der Waals surface area contributed by atoms with Crippen LogP contribution < -0.4 is 9.80 Å². The van der Waals surface area contributed by atoms with Crippen molar-refractivity contribution in [1.82, 2.24) is 9.97 Å². The number of morpholine rings is 1. The van der Waals surface area contributed by atoms with Gasteiger partial charge in [-0.25, -0.2) is 9.97 Å². The van der Waals surface area contributed by atoms with Crippen LogP contribution in [0.15, 0.2) is 54.9 Å². The third-order valence-corrected chi connectivity index (χ3v) is 7.90. The molecular weight excluding hydrogens is 416 g/mol. The van der Waals surface area contributed by atoms with Gasteiger partial charge in [0.1, 0.15) is 12.1 Å². The number of benzene rings is 2. The van der Waals surface area contributed by atoms with Crippen molar-refractivity contribution in [2.24, 2.45) is 5.92 Å². The number of thiophene rings is 1. The number of anilines is 2. The van der Waals surface area contributed by atoms with Crippen LogP contribution in [0, 0.1) is 5.92 Å². The van der Waals surface area contributed by atoms with E-state index in [-0.39, 0.29) is 0 Å². The fourth-order valence-corrected chi connectivity index (χ4v) is 6.33. The number of hydrogen-bond donors (Lipinski definition) is 0. The van der Waals surface area contributed by atoms with E-state index in [1.165, 1.54) is 33.5 Å². The second-order valence-electron chi connectivity index (χ2n) is 8.91. The quantitative estimate of drug-likeness (QED) is 0.436. The lowest BCUT2D eigenvalue weighted by Crippen LogP contribution is -2.37. The second-order valence-corrected chi connectivity index (χ2v) is 10.1. The lowest BCUT2D eigenvalue weighted by molar-refractivity contribution is 0.122. The van der Waals surface area contributed by atoms with Crippen molar-refractivity contribution in [1.29, 1.82) is 0 Å². The molecule has 164 valence electrons. The van der Waals surface area contributed by atoms with Crippen molar-refractivity contribution in [2.75, 3.05) is 49.2 Å². The summed E-state index contributed by atoms with van der Waals surface area (Å²) in [4.78, 5) is 15.7. The molecule has 0 amide bonds. The molecule has 6 heteroatoms. The standard InChI is InChI=1S/C26H28N4OS/c1-2-6-25-20(5-1)15-22(32-25)14-19-4-3-9-30(17-19)26-23-8-7-21(16-24(23)27-18-28-26)29-10-12-31-13-11-29/h1-2,5-8,15-16,18-19H,3-4,9-14,17H2. The Morgan fingerprint density at radius 2 is 1.88 bits per heavy atom. The van der Waals surface area contributed by atoms with Crippen molar-refractivity contribution >= 4 is 43.8 Å². The maximum absolute atomic E-state index is 5.50. The van der Waals surface area contributed by atoms with Crippen LogP contribution in [0.4, 0.5) is 11.5 Å². The predicted molar refractivity (Wildman–Crippen MR) is 133 cm³/mol. The molecule has 0 spiro atoms. The van der Waals surface area contributed by atoms with Gasteiger partial charge in [-0.2, -0.15) is 0 Å². The number of fused-ring (bicyclic) bond motifs is 2. The van der Waals surface area contributed by atoms with Gasteiger partial charge in [0.25, 0.3) is 0 Å². The SMILES string of the molecule is c1ccc2sc(CC3CCCN(c4ncnc5cc(N6CCOCC6)ccc45)C3)cc2c1. The molecule has 2 aromatic heterocycles. The van der Waals surface area contributed by atoms with Crippen LogP contribution in [-0.4, -0.2) is 49.4 Å². The van der Waals surface area contributed by atoms with E-state index in [1.807, 2.05) is 11.3 Å². The third kappa shape index (κ3) is 3.93. The first kappa shape index (κ1) is 19.9. The van der Waals surface area contributed by atoms with Crippen LogP contribution in [0.3, 0.4) is 0 Å². The van der Waals surface area contributed by atoms with E-state index in [9.17, 15) is 0 Å². The molecule has 2 aromatic carbocycles. The Kier molecular flexibility index (Phi) is 5.41. The molecule has 0 bridgehead atoms. The second kappa shape index (κ2) is 8.68. The molecule has 0 saturated carbocycles. The highest BCUT2D eigenvalue weighted by Gasteiger charge is 2.24. The van der Waals surface area contributed by atoms with Gasteiger partial charge in [-0.05, 0) is 60.9 Å². The molecule has 1 atom stereocenters. The predicted octanol–water partition coefficient (Wildman–Crippen LogP) is 5.14. The van der Waals surface area contributed by atoms with E-state index in [0.717, 1.165) is 62.5 Å². The zero-order valence-corrected chi connectivity index (χ0v) is 19.1. The molecule has 32 heavy (non-hydrogen) atoms. The van der Waals surface area contributed by atoms with Gasteiger partial charge in [0.2, 0.25) is 0 Å². The Balaban J connectivity index is 1.23. The first-order valence-electron chi connectivity index (χ1n) is 11.6. The molecule has 6 rings (SSSR count). The van der Waals surface area contributed by atoms with Gasteiger partial charge >= 0.3 is 0 Å². The van der Waals surface area contributed by atoms with Crippen LogP contribution in [0.25, 0.3) is 21.0 Å². The molecule has 0 N–H and O–H groups in total. The number of rotatable bonds is 4. The highest BCUT2D eigenvalue weighted by atomic mass is 32.1. The summed E-state index contributed by atoms with van der Waals surface area (Å²) in [6.07, 6.45) is 5.39. The van der Waals surface area contributed by atoms with Gasteiger partial charge in [-0.3, -0.25) is 0 Å². The van der Waals surface area contributed by atoms with Crippen LogP contribution >= 0.6 is 11.3 Å². The summed E-state index contributed by atoms with van der Waals surface area (Å²) in [7, 11) is 0. The highest BCUT2D eigenvalue weighted by Crippen LogP contribution is 2.33. The Morgan fingerprint density at radius 3 is 2.78 bits per heavy atom. The van der Waals surface area contributed by atoms with Crippen molar-refractivity contribution in [2.45, 2.75) is 19.3 Å². The number of nitrogens with zero attached hydrogens (tertiary/aromatic N) is 4. The number of hydrogen-bond acceptors (Lipinski definition) is 6. The molecule has 2 aliphatic rings. The summed E-state index contributed by atoms with van der Waals surface area (Å²) in [5, 5.41) is 2.53. The topological polar surface area (TPSA) is 41.5 Å². The first-order chi connectivity index (χ1) is 15.8. The molecule has 4 heterocycles. The minimum Gasteiger partial charge on any atom is -0.378 e. The fraction of sp³-hybridized carbons (Fsp3) is 0.385. The average Bonchev–Trinajstić information content (AvgIpc) is 3.26. The molecule has 4 aromatic rings. The van der Waals surface area contributed by atoms with Crippen molar-refractivity contribution in [3.8, 4) is 0 Å². The first-order valence-corrected chi connectivity index (χ1v) is 12.4. The summed E-state index contributed by atoms with van der Waals surface area (Å²) in [5.74, 6) is 1.75. The Bertz CT molecular complexity index is 1200. The lowest BCUT2D eigenvalue weighted by Gasteiger charge is -2.34. The van der Waals surface area contributed by atoms with Gasteiger partial charge in [0.05, 0.1) is 18.7 Å². The fourth-order valence-electron chi connectivity index (χ4n) is 5.15. The summed E-state index contributed by atoms with van der Waals surface area (Å²) < 4.78 is 6.90. The van der Waals surface area contributed by atoms with Crippen molar-refractivity contribution < 1.29 is 4.74 Å². The number of aromatic nitrogens is 2. The monoisotopic (exact) mass is 444 g/mol. The summed E-state index contributed by atoms with van der Waals surface area (Å²) >= 11 is 1.95. The van der Waals surface area contributed by atoms with Gasteiger partial charge in [0.15, 0.2) is 0 Å². The highest BCUT2D eigenvalue weighted by molar-refractivity contribution is 7.19. The lowest BCUT2D eigenvalue weighted by atomic mass is 9.94. The van der Waals surface area contributed by atoms with Crippen LogP contribution in [-0.2, 0) is 11.2 Å². The van der Waals surface area contributed by atoms with E-state index in [1.54, 1.807) is 6.33 Å². The van der Waals surface area contributed by atoms with E-state index in [4.69, 9.17) is 9.72 Å². The number of piperidine rings is 1. The van der Waals surface area contributed by atoms with Crippen LogP contribution in [0.1, 0.15) is 17.7 Å². The van der Waals surface area contributed by atoms with Gasteiger partial charge < -0.3 is 14.5 Å². The minimum absolute atomic E-state index is 0.662. The summed E-state index contributed by atoms with van der Waals surface area (Å²) in [5.41, 5.74) is 2.26. The van der Waals surface area contributed by atoms with Gasteiger partial charge in [-0.1, -0.05) is 18.2 Å². The largest absolute Gasteiger partial charge is 0.378 e. The van der Waals surface area contributed by atoms with E-state index >= 15 is 0 Å². The third-order valence-electron chi connectivity index (χ3n) is 6.76. The average molecular weight is 445 g/mol. The summed E-state index contributed by atoms with van der Waals surface area (Å²) in [6, 6.07) is 17.7. The molecular formula is C26H28N4OS. The zero-order valence-electron chi connectivity index (χ0n) is 18.2. The molecule has 5 nitrogen and oxygen atoms in total. The molecule has 0 radical (unpaired) electrons. The van der Waals surface area contributed by atoms with Crippen LogP contribution in [0.2, 0.25) is 0 Å². The van der Waals surface area contributed by atoms with Crippen molar-refractivity contribution in [3.63, 3.8) is 0 Å². The van der Waals surface area contributed by atoms with Crippen LogP contribution in [0.5, 0.6) is 0 Å². The Labute approximate surface area is 192 Å². The molecule has 2 fully saturated rings. The Hall–Kier alpha value is -2.70. The maximum atomic E-state index is 5.50. The molecule has 2 saturated heterocycles. The van der Waals surface area contributed by atoms with E-state index in [0.29, 0.717) is 5.92 Å². The molecule has 0 aliphatic carbocycles. The minimum atomic E-state index is 0.662. The maximum Gasteiger partial charge on any atom is 0.139 e.